The van der Waals surface area contributed by atoms with E-state index in [0.717, 1.165) is 45.4 Å². The standard InChI is InChI=1S/C24H23N3OS2/c1-2-18-14-29-19(30-18)13-25-23-21-20(16-9-5-3-6-10-16)22(17-11-7-4-8-12-17)28-24(21)27-15-26-23/h3-12,15,18-19H,2,13-14H2,1H3,(H,25,26,27). The summed E-state index contributed by atoms with van der Waals surface area (Å²) in [6, 6.07) is 20.6. The van der Waals surface area contributed by atoms with E-state index in [0.29, 0.717) is 10.3 Å². The molecule has 2 unspecified atom stereocenters. The van der Waals surface area contributed by atoms with Crippen molar-refractivity contribution in [1.29, 1.82) is 0 Å². The predicted octanol–water partition coefficient (Wildman–Crippen LogP) is 6.55. The molecule has 0 amide bonds. The fourth-order valence-corrected chi connectivity index (χ4v) is 6.99. The van der Waals surface area contributed by atoms with E-state index in [1.165, 1.54) is 12.2 Å². The number of hydrogen-bond donors (Lipinski definition) is 1. The van der Waals surface area contributed by atoms with Gasteiger partial charge in [-0.25, -0.2) is 9.97 Å². The Morgan fingerprint density at radius 2 is 1.73 bits per heavy atom. The van der Waals surface area contributed by atoms with E-state index in [2.05, 4.69) is 70.4 Å². The molecule has 1 N–H and O–H groups in total. The Kier molecular flexibility index (Phi) is 5.69. The first kappa shape index (κ1) is 19.5. The lowest BCUT2D eigenvalue weighted by Crippen LogP contribution is -2.13. The summed E-state index contributed by atoms with van der Waals surface area (Å²) in [5, 5.41) is 5.30. The third-order valence-electron chi connectivity index (χ3n) is 5.29. The van der Waals surface area contributed by atoms with Crippen LogP contribution in [-0.4, -0.2) is 32.1 Å². The topological polar surface area (TPSA) is 51.0 Å². The first-order valence-electron chi connectivity index (χ1n) is 10.2. The van der Waals surface area contributed by atoms with Crippen LogP contribution < -0.4 is 5.32 Å². The second-order valence-corrected chi connectivity index (χ2v) is 10.3. The Hall–Kier alpha value is -2.44. The van der Waals surface area contributed by atoms with Gasteiger partial charge in [-0.15, -0.1) is 23.5 Å². The lowest BCUT2D eigenvalue weighted by atomic mass is 9.99. The zero-order chi connectivity index (χ0) is 20.3. The van der Waals surface area contributed by atoms with Gasteiger partial charge < -0.3 is 9.73 Å². The monoisotopic (exact) mass is 433 g/mol. The van der Waals surface area contributed by atoms with Crippen molar-refractivity contribution in [1.82, 2.24) is 9.97 Å². The van der Waals surface area contributed by atoms with Gasteiger partial charge in [0, 0.05) is 28.7 Å². The van der Waals surface area contributed by atoms with Crippen LogP contribution in [0.1, 0.15) is 13.3 Å². The highest BCUT2D eigenvalue weighted by Crippen LogP contribution is 2.43. The van der Waals surface area contributed by atoms with Crippen LogP contribution in [-0.2, 0) is 0 Å². The van der Waals surface area contributed by atoms with Crippen molar-refractivity contribution in [3.05, 3.63) is 67.0 Å². The van der Waals surface area contributed by atoms with Gasteiger partial charge in [0.1, 0.15) is 17.9 Å². The minimum atomic E-state index is 0.542. The van der Waals surface area contributed by atoms with Gasteiger partial charge in [0.2, 0.25) is 5.71 Å². The van der Waals surface area contributed by atoms with Crippen LogP contribution in [0.25, 0.3) is 33.6 Å². The zero-order valence-electron chi connectivity index (χ0n) is 16.7. The molecule has 5 rings (SSSR count). The molecule has 1 aliphatic heterocycles. The molecule has 1 aliphatic rings. The zero-order valence-corrected chi connectivity index (χ0v) is 18.4. The molecule has 2 aromatic carbocycles. The SMILES string of the molecule is CCC1CSC(CNc2ncnc3oc(-c4ccccc4)c(-c4ccccc4)c23)S1. The highest BCUT2D eigenvalue weighted by atomic mass is 32.2. The third kappa shape index (κ3) is 3.82. The van der Waals surface area contributed by atoms with Crippen molar-refractivity contribution in [2.75, 3.05) is 17.6 Å². The average Bonchev–Trinajstić information content (AvgIpc) is 3.43. The third-order valence-corrected chi connectivity index (χ3v) is 8.73. The van der Waals surface area contributed by atoms with E-state index >= 15 is 0 Å². The van der Waals surface area contributed by atoms with Gasteiger partial charge in [0.25, 0.3) is 0 Å². The van der Waals surface area contributed by atoms with Gasteiger partial charge in [-0.2, -0.15) is 0 Å². The van der Waals surface area contributed by atoms with Gasteiger partial charge in [0.05, 0.1) is 9.97 Å². The fourth-order valence-electron chi connectivity index (χ4n) is 3.75. The summed E-state index contributed by atoms with van der Waals surface area (Å²) in [6.07, 6.45) is 2.81. The van der Waals surface area contributed by atoms with Crippen LogP contribution in [0.2, 0.25) is 0 Å². The van der Waals surface area contributed by atoms with Crippen LogP contribution in [0, 0.1) is 0 Å². The maximum Gasteiger partial charge on any atom is 0.232 e. The number of nitrogens with one attached hydrogen (secondary N) is 1. The van der Waals surface area contributed by atoms with E-state index in [4.69, 9.17) is 4.42 Å². The summed E-state index contributed by atoms with van der Waals surface area (Å²) in [6.45, 7) is 3.14. The van der Waals surface area contributed by atoms with Crippen molar-refractivity contribution in [3.63, 3.8) is 0 Å². The number of anilines is 1. The number of thioether (sulfide) groups is 2. The second kappa shape index (κ2) is 8.74. The maximum atomic E-state index is 6.29. The molecular weight excluding hydrogens is 410 g/mol. The number of rotatable bonds is 6. The molecule has 0 radical (unpaired) electrons. The molecule has 4 nitrogen and oxygen atoms in total. The minimum absolute atomic E-state index is 0.542. The summed E-state index contributed by atoms with van der Waals surface area (Å²) in [4.78, 5) is 9.05. The Morgan fingerprint density at radius 3 is 2.43 bits per heavy atom. The number of fused-ring (bicyclic) bond motifs is 1. The van der Waals surface area contributed by atoms with E-state index in [9.17, 15) is 0 Å². The average molecular weight is 434 g/mol. The number of furan rings is 1. The molecule has 4 aromatic rings. The van der Waals surface area contributed by atoms with Gasteiger partial charge in [-0.3, -0.25) is 0 Å². The number of benzene rings is 2. The first-order chi connectivity index (χ1) is 14.8. The van der Waals surface area contributed by atoms with Crippen LogP contribution >= 0.6 is 23.5 Å². The molecule has 1 fully saturated rings. The minimum Gasteiger partial charge on any atom is -0.437 e. The Morgan fingerprint density at radius 1 is 1.00 bits per heavy atom. The first-order valence-corrected chi connectivity index (χ1v) is 12.2. The number of aromatic nitrogens is 2. The molecule has 2 atom stereocenters. The van der Waals surface area contributed by atoms with E-state index in [1.807, 2.05) is 36.0 Å². The van der Waals surface area contributed by atoms with Crippen molar-refractivity contribution in [2.24, 2.45) is 0 Å². The normalized spacial score (nSPS) is 18.7. The second-order valence-electron chi connectivity index (χ2n) is 7.25. The molecule has 6 heteroatoms. The highest BCUT2D eigenvalue weighted by molar-refractivity contribution is 8.20. The van der Waals surface area contributed by atoms with Gasteiger partial charge in [-0.05, 0) is 12.0 Å². The molecule has 0 saturated carbocycles. The van der Waals surface area contributed by atoms with Crippen LogP contribution in [0.3, 0.4) is 0 Å². The molecule has 1 saturated heterocycles. The molecule has 3 heterocycles. The van der Waals surface area contributed by atoms with E-state index in [1.54, 1.807) is 6.33 Å². The van der Waals surface area contributed by atoms with Crippen molar-refractivity contribution in [2.45, 2.75) is 23.2 Å². The summed E-state index contributed by atoms with van der Waals surface area (Å²) in [5.41, 5.74) is 3.79. The number of nitrogens with zero attached hydrogens (tertiary/aromatic N) is 2. The van der Waals surface area contributed by atoms with Gasteiger partial charge in [-0.1, -0.05) is 67.6 Å². The van der Waals surface area contributed by atoms with E-state index < -0.39 is 0 Å². The van der Waals surface area contributed by atoms with Crippen molar-refractivity contribution < 1.29 is 4.42 Å². The summed E-state index contributed by atoms with van der Waals surface area (Å²) in [7, 11) is 0. The van der Waals surface area contributed by atoms with Crippen molar-refractivity contribution in [3.8, 4) is 22.5 Å². The lowest BCUT2D eigenvalue weighted by molar-refractivity contribution is 0.618. The van der Waals surface area contributed by atoms with Gasteiger partial charge >= 0.3 is 0 Å². The number of hydrogen-bond acceptors (Lipinski definition) is 6. The molecular formula is C24H23N3OS2. The molecule has 0 bridgehead atoms. The molecule has 0 spiro atoms. The van der Waals surface area contributed by atoms with E-state index in [-0.39, 0.29) is 0 Å². The van der Waals surface area contributed by atoms with Crippen LogP contribution in [0.15, 0.2) is 71.4 Å². The van der Waals surface area contributed by atoms with Crippen molar-refractivity contribution >= 4 is 40.4 Å². The highest BCUT2D eigenvalue weighted by Gasteiger charge is 2.26. The molecule has 2 aromatic heterocycles. The quantitative estimate of drug-likeness (QED) is 0.372. The Balaban J connectivity index is 1.58. The van der Waals surface area contributed by atoms with Crippen LogP contribution in [0.5, 0.6) is 0 Å². The smallest absolute Gasteiger partial charge is 0.232 e. The van der Waals surface area contributed by atoms with Crippen LogP contribution in [0.4, 0.5) is 5.82 Å². The fraction of sp³-hybridized carbons (Fsp3) is 0.250. The predicted molar refractivity (Wildman–Crippen MR) is 129 cm³/mol. The summed E-state index contributed by atoms with van der Waals surface area (Å²) >= 11 is 4.11. The Bertz CT molecular complexity index is 1130. The summed E-state index contributed by atoms with van der Waals surface area (Å²) < 4.78 is 6.83. The lowest BCUT2D eigenvalue weighted by Gasteiger charge is -2.12. The molecule has 152 valence electrons. The maximum absolute atomic E-state index is 6.29. The molecule has 0 aliphatic carbocycles. The Labute approximate surface area is 184 Å². The largest absolute Gasteiger partial charge is 0.437 e. The summed E-state index contributed by atoms with van der Waals surface area (Å²) in [5.74, 6) is 2.90. The molecule has 30 heavy (non-hydrogen) atoms. The van der Waals surface area contributed by atoms with Gasteiger partial charge in [0.15, 0.2) is 0 Å².